The minimum Gasteiger partial charge on any atom is -0.481 e. The Kier molecular flexibility index (Phi) is 8.49. The molecule has 0 amide bonds. The van der Waals surface area contributed by atoms with E-state index < -0.39 is 13.6 Å². The topological polar surface area (TPSA) is 72.8 Å². The molecule has 6 heteroatoms. The summed E-state index contributed by atoms with van der Waals surface area (Å²) in [7, 11) is -3.04. The van der Waals surface area contributed by atoms with E-state index in [9.17, 15) is 9.36 Å². The smallest absolute Gasteiger partial charge is 0.331 e. The number of rotatable bonds is 10. The fourth-order valence-corrected chi connectivity index (χ4v) is 3.69. The molecule has 0 saturated carbocycles. The molecule has 0 spiro atoms. The molecule has 0 aromatic rings. The highest BCUT2D eigenvalue weighted by Gasteiger charge is 2.26. The molecular formula is C12H25O5P. The van der Waals surface area contributed by atoms with Gasteiger partial charge in [0.05, 0.1) is 18.4 Å². The van der Waals surface area contributed by atoms with Crippen molar-refractivity contribution in [3.63, 3.8) is 0 Å². The van der Waals surface area contributed by atoms with Crippen molar-refractivity contribution in [3.8, 4) is 0 Å². The molecule has 0 fully saturated rings. The quantitative estimate of drug-likeness (QED) is 0.488. The van der Waals surface area contributed by atoms with Crippen molar-refractivity contribution in [2.45, 2.75) is 65.6 Å². The Hall–Kier alpha value is -0.380. The molecule has 5 nitrogen and oxygen atoms in total. The highest BCUT2D eigenvalue weighted by molar-refractivity contribution is 7.53. The minimum atomic E-state index is -3.04. The molecule has 108 valence electrons. The zero-order chi connectivity index (χ0) is 14.2. The van der Waals surface area contributed by atoms with Gasteiger partial charge in [-0.1, -0.05) is 6.42 Å². The number of hydrogen-bond acceptors (Lipinski definition) is 4. The van der Waals surface area contributed by atoms with Crippen LogP contribution in [0.25, 0.3) is 0 Å². The highest BCUT2D eigenvalue weighted by Crippen LogP contribution is 2.51. The van der Waals surface area contributed by atoms with Gasteiger partial charge in [-0.05, 0) is 40.5 Å². The fourth-order valence-electron chi connectivity index (χ4n) is 1.53. The number of carboxylic acid groups (broad SMARTS) is 1. The standard InChI is InChI=1S/C12H25O5P/c1-10(2)16-18(15,17-11(3)4)9-7-5-6-8-12(13)14/h10-11H,5-9H2,1-4H3,(H,13,14). The molecule has 0 atom stereocenters. The van der Waals surface area contributed by atoms with Crippen LogP contribution in [0.15, 0.2) is 0 Å². The SMILES string of the molecule is CC(C)OP(=O)(CCCCCC(=O)O)OC(C)C. The van der Waals surface area contributed by atoms with E-state index in [1.807, 2.05) is 27.7 Å². The summed E-state index contributed by atoms with van der Waals surface area (Å²) in [6.07, 6.45) is 2.19. The number of aliphatic carboxylic acids is 1. The minimum absolute atomic E-state index is 0.145. The van der Waals surface area contributed by atoms with Gasteiger partial charge in [-0.15, -0.1) is 0 Å². The molecule has 0 aliphatic rings. The first-order chi connectivity index (χ1) is 8.25. The van der Waals surface area contributed by atoms with E-state index in [0.717, 1.165) is 6.42 Å². The third-order valence-corrected chi connectivity index (χ3v) is 4.42. The Bertz CT molecular complexity index is 274. The van der Waals surface area contributed by atoms with Crippen molar-refractivity contribution in [1.82, 2.24) is 0 Å². The molecule has 0 rings (SSSR count). The van der Waals surface area contributed by atoms with Crippen LogP contribution in [-0.4, -0.2) is 29.4 Å². The molecule has 0 heterocycles. The predicted molar refractivity (Wildman–Crippen MR) is 71.0 cm³/mol. The summed E-state index contributed by atoms with van der Waals surface area (Å²) in [4.78, 5) is 10.3. The average Bonchev–Trinajstić information content (AvgIpc) is 2.13. The number of unbranched alkanes of at least 4 members (excludes halogenated alkanes) is 2. The fraction of sp³-hybridized carbons (Fsp3) is 0.917. The Labute approximate surface area is 109 Å². The monoisotopic (exact) mass is 280 g/mol. The van der Waals surface area contributed by atoms with E-state index >= 15 is 0 Å². The molecule has 1 N–H and O–H groups in total. The van der Waals surface area contributed by atoms with Gasteiger partial charge in [0, 0.05) is 6.42 Å². The summed E-state index contributed by atoms with van der Waals surface area (Å²) in [6, 6.07) is 0. The van der Waals surface area contributed by atoms with E-state index in [2.05, 4.69) is 0 Å². The largest absolute Gasteiger partial charge is 0.481 e. The van der Waals surface area contributed by atoms with E-state index in [4.69, 9.17) is 14.2 Å². The van der Waals surface area contributed by atoms with Crippen molar-refractivity contribution < 1.29 is 23.5 Å². The third-order valence-electron chi connectivity index (χ3n) is 2.07. The highest BCUT2D eigenvalue weighted by atomic mass is 31.2. The van der Waals surface area contributed by atoms with Gasteiger partial charge in [-0.2, -0.15) is 0 Å². The maximum atomic E-state index is 12.4. The normalized spacial score (nSPS) is 12.3. The molecule has 0 radical (unpaired) electrons. The van der Waals surface area contributed by atoms with Crippen LogP contribution in [0.1, 0.15) is 53.4 Å². The summed E-state index contributed by atoms with van der Waals surface area (Å²) >= 11 is 0. The van der Waals surface area contributed by atoms with Crippen LogP contribution in [0.5, 0.6) is 0 Å². The van der Waals surface area contributed by atoms with Gasteiger partial charge in [0.2, 0.25) is 0 Å². The molecular weight excluding hydrogens is 255 g/mol. The number of carbonyl (C=O) groups is 1. The molecule has 0 aromatic carbocycles. The second kappa shape index (κ2) is 8.68. The van der Waals surface area contributed by atoms with Crippen molar-refractivity contribution in [3.05, 3.63) is 0 Å². The maximum absolute atomic E-state index is 12.4. The molecule has 0 bridgehead atoms. The van der Waals surface area contributed by atoms with Gasteiger partial charge in [-0.3, -0.25) is 9.36 Å². The summed E-state index contributed by atoms with van der Waals surface area (Å²) < 4.78 is 23.2. The van der Waals surface area contributed by atoms with Gasteiger partial charge in [0.15, 0.2) is 0 Å². The first kappa shape index (κ1) is 17.6. The zero-order valence-electron chi connectivity index (χ0n) is 11.7. The first-order valence-electron chi connectivity index (χ1n) is 6.43. The Morgan fingerprint density at radius 3 is 1.94 bits per heavy atom. The molecule has 0 aliphatic carbocycles. The Morgan fingerprint density at radius 2 is 1.56 bits per heavy atom. The van der Waals surface area contributed by atoms with Gasteiger partial charge in [0.1, 0.15) is 0 Å². The van der Waals surface area contributed by atoms with Crippen molar-refractivity contribution >= 4 is 13.6 Å². The lowest BCUT2D eigenvalue weighted by Crippen LogP contribution is -2.10. The van der Waals surface area contributed by atoms with Crippen molar-refractivity contribution in [2.75, 3.05) is 6.16 Å². The van der Waals surface area contributed by atoms with Gasteiger partial charge in [-0.25, -0.2) is 0 Å². The molecule has 18 heavy (non-hydrogen) atoms. The molecule has 0 aromatic heterocycles. The van der Waals surface area contributed by atoms with Crippen LogP contribution in [-0.2, 0) is 18.4 Å². The van der Waals surface area contributed by atoms with Gasteiger partial charge in [0.25, 0.3) is 0 Å². The van der Waals surface area contributed by atoms with E-state index in [1.165, 1.54) is 0 Å². The van der Waals surface area contributed by atoms with Crippen LogP contribution in [0, 0.1) is 0 Å². The van der Waals surface area contributed by atoms with Crippen LogP contribution in [0.4, 0.5) is 0 Å². The van der Waals surface area contributed by atoms with Crippen LogP contribution >= 0.6 is 7.60 Å². The van der Waals surface area contributed by atoms with Crippen LogP contribution < -0.4 is 0 Å². The number of carboxylic acids is 1. The predicted octanol–water partition coefficient (Wildman–Crippen LogP) is 3.67. The maximum Gasteiger partial charge on any atom is 0.331 e. The summed E-state index contributed by atoms with van der Waals surface area (Å²) in [6.45, 7) is 7.28. The van der Waals surface area contributed by atoms with E-state index in [1.54, 1.807) is 0 Å². The summed E-state index contributed by atoms with van der Waals surface area (Å²) in [5, 5.41) is 8.51. The number of hydrogen-bond donors (Lipinski definition) is 1. The van der Waals surface area contributed by atoms with Crippen LogP contribution in [0.3, 0.4) is 0 Å². The average molecular weight is 280 g/mol. The van der Waals surface area contributed by atoms with E-state index in [0.29, 0.717) is 19.0 Å². The second-order valence-electron chi connectivity index (χ2n) is 4.85. The second-order valence-corrected chi connectivity index (χ2v) is 6.94. The lowest BCUT2D eigenvalue weighted by molar-refractivity contribution is -0.137. The van der Waals surface area contributed by atoms with Crippen LogP contribution in [0.2, 0.25) is 0 Å². The molecule has 0 saturated heterocycles. The summed E-state index contributed by atoms with van der Waals surface area (Å²) in [5.74, 6) is -0.796. The lowest BCUT2D eigenvalue weighted by Gasteiger charge is -2.22. The Balaban J connectivity index is 4.09. The first-order valence-corrected chi connectivity index (χ1v) is 8.15. The molecule has 0 aliphatic heterocycles. The Morgan fingerprint density at radius 1 is 1.06 bits per heavy atom. The van der Waals surface area contributed by atoms with Gasteiger partial charge >= 0.3 is 13.6 Å². The van der Waals surface area contributed by atoms with Crippen molar-refractivity contribution in [2.24, 2.45) is 0 Å². The lowest BCUT2D eigenvalue weighted by atomic mass is 10.2. The molecule has 0 unspecified atom stereocenters. The van der Waals surface area contributed by atoms with E-state index in [-0.39, 0.29) is 18.6 Å². The third kappa shape index (κ3) is 9.63. The summed E-state index contributed by atoms with van der Waals surface area (Å²) in [5.41, 5.74) is 0. The van der Waals surface area contributed by atoms with Crippen molar-refractivity contribution in [1.29, 1.82) is 0 Å². The zero-order valence-corrected chi connectivity index (χ0v) is 12.6. The van der Waals surface area contributed by atoms with Gasteiger partial charge < -0.3 is 14.2 Å².